The topological polar surface area (TPSA) is 66.5 Å². The summed E-state index contributed by atoms with van der Waals surface area (Å²) in [6.07, 6.45) is 6.86. The van der Waals surface area contributed by atoms with Crippen molar-refractivity contribution in [1.82, 2.24) is 14.8 Å². The van der Waals surface area contributed by atoms with Crippen molar-refractivity contribution in [3.8, 4) is 6.07 Å². The molecule has 0 radical (unpaired) electrons. The molecule has 2 aromatic rings. The fourth-order valence-corrected chi connectivity index (χ4v) is 2.58. The summed E-state index contributed by atoms with van der Waals surface area (Å²) in [5.41, 5.74) is 3.15. The Kier molecular flexibility index (Phi) is 2.92. The first kappa shape index (κ1) is 11.7. The lowest BCUT2D eigenvalue weighted by Gasteiger charge is -2.24. The number of aryl methyl sites for hydroxylation is 1. The molecule has 1 atom stereocenters. The van der Waals surface area contributed by atoms with Gasteiger partial charge in [-0.3, -0.25) is 4.68 Å². The lowest BCUT2D eigenvalue weighted by molar-refractivity contribution is 0.570. The van der Waals surface area contributed by atoms with Crippen molar-refractivity contribution in [1.29, 1.82) is 5.26 Å². The van der Waals surface area contributed by atoms with Crippen molar-refractivity contribution in [3.63, 3.8) is 0 Å². The summed E-state index contributed by atoms with van der Waals surface area (Å²) in [4.78, 5) is 4.26. The molecule has 2 heterocycles. The van der Waals surface area contributed by atoms with Gasteiger partial charge in [0.15, 0.2) is 0 Å². The van der Waals surface area contributed by atoms with E-state index in [1.165, 1.54) is 11.3 Å². The number of anilines is 1. The second-order valence-corrected chi connectivity index (χ2v) is 4.80. The third-order valence-corrected chi connectivity index (χ3v) is 3.59. The average Bonchev–Trinajstić information content (AvgIpc) is 2.83. The summed E-state index contributed by atoms with van der Waals surface area (Å²) in [7, 11) is 1.99. The molecule has 1 aliphatic carbocycles. The van der Waals surface area contributed by atoms with Crippen molar-refractivity contribution in [2.45, 2.75) is 25.3 Å². The molecule has 96 valence electrons. The van der Waals surface area contributed by atoms with Gasteiger partial charge in [-0.15, -0.1) is 0 Å². The van der Waals surface area contributed by atoms with Crippen LogP contribution in [0.3, 0.4) is 0 Å². The zero-order valence-electron chi connectivity index (χ0n) is 10.8. The van der Waals surface area contributed by atoms with Gasteiger partial charge in [0, 0.05) is 24.5 Å². The molecule has 0 aliphatic heterocycles. The second-order valence-electron chi connectivity index (χ2n) is 4.80. The van der Waals surface area contributed by atoms with Crippen LogP contribution in [0.2, 0.25) is 0 Å². The summed E-state index contributed by atoms with van der Waals surface area (Å²) >= 11 is 0. The van der Waals surface area contributed by atoms with Gasteiger partial charge in [0.25, 0.3) is 0 Å². The van der Waals surface area contributed by atoms with Crippen molar-refractivity contribution in [2.24, 2.45) is 7.05 Å². The van der Waals surface area contributed by atoms with Crippen LogP contribution in [-0.2, 0) is 13.5 Å². The number of rotatable bonds is 2. The van der Waals surface area contributed by atoms with E-state index in [1.54, 1.807) is 12.3 Å². The van der Waals surface area contributed by atoms with Crippen molar-refractivity contribution < 1.29 is 0 Å². The third kappa shape index (κ3) is 2.17. The van der Waals surface area contributed by atoms with Gasteiger partial charge in [-0.25, -0.2) is 4.98 Å². The molecule has 0 aromatic carbocycles. The number of nitrogens with zero attached hydrogens (tertiary/aromatic N) is 4. The molecular formula is C14H15N5. The van der Waals surface area contributed by atoms with Gasteiger partial charge >= 0.3 is 0 Å². The minimum absolute atomic E-state index is 0.262. The molecule has 1 aliphatic rings. The molecule has 0 unspecified atom stereocenters. The van der Waals surface area contributed by atoms with Crippen LogP contribution in [0, 0.1) is 11.3 Å². The number of nitrogens with one attached hydrogen (secondary N) is 1. The van der Waals surface area contributed by atoms with Gasteiger partial charge in [0.1, 0.15) is 11.9 Å². The van der Waals surface area contributed by atoms with E-state index in [-0.39, 0.29) is 6.04 Å². The fraction of sp³-hybridized carbons (Fsp3) is 0.357. The van der Waals surface area contributed by atoms with E-state index in [1.807, 2.05) is 24.0 Å². The molecule has 5 nitrogen and oxygen atoms in total. The molecule has 19 heavy (non-hydrogen) atoms. The van der Waals surface area contributed by atoms with E-state index < -0.39 is 0 Å². The largest absolute Gasteiger partial charge is 0.363 e. The lowest BCUT2D eigenvalue weighted by atomic mass is 9.93. The molecule has 5 heteroatoms. The van der Waals surface area contributed by atoms with E-state index in [2.05, 4.69) is 21.5 Å². The first-order chi connectivity index (χ1) is 9.28. The summed E-state index contributed by atoms with van der Waals surface area (Å²) in [5.74, 6) is 0.806. The fourth-order valence-electron chi connectivity index (χ4n) is 2.58. The van der Waals surface area contributed by atoms with E-state index >= 15 is 0 Å². The normalized spacial score (nSPS) is 17.6. The SMILES string of the molecule is Cn1ncc2c1CCC[C@H]2Nc1ccc(C#N)cn1. The molecule has 0 bridgehead atoms. The monoisotopic (exact) mass is 253 g/mol. The first-order valence-corrected chi connectivity index (χ1v) is 6.41. The Labute approximate surface area is 111 Å². The third-order valence-electron chi connectivity index (χ3n) is 3.59. The predicted molar refractivity (Wildman–Crippen MR) is 71.5 cm³/mol. The van der Waals surface area contributed by atoms with Crippen LogP contribution < -0.4 is 5.32 Å². The first-order valence-electron chi connectivity index (χ1n) is 6.41. The van der Waals surface area contributed by atoms with Gasteiger partial charge in [-0.05, 0) is 31.4 Å². The minimum atomic E-state index is 0.262. The Morgan fingerprint density at radius 2 is 2.32 bits per heavy atom. The second kappa shape index (κ2) is 4.73. The molecule has 0 spiro atoms. The smallest absolute Gasteiger partial charge is 0.126 e. The van der Waals surface area contributed by atoms with Gasteiger partial charge < -0.3 is 5.32 Å². The number of aromatic nitrogens is 3. The van der Waals surface area contributed by atoms with Gasteiger partial charge in [0.2, 0.25) is 0 Å². The molecular weight excluding hydrogens is 238 g/mol. The summed E-state index contributed by atoms with van der Waals surface area (Å²) in [6, 6.07) is 5.97. The minimum Gasteiger partial charge on any atom is -0.363 e. The highest BCUT2D eigenvalue weighted by Crippen LogP contribution is 2.31. The van der Waals surface area contributed by atoms with Crippen molar-refractivity contribution in [2.75, 3.05) is 5.32 Å². The number of nitriles is 1. The standard InChI is InChI=1S/C14H15N5/c1-19-13-4-2-3-12(11(13)9-17-19)18-14-6-5-10(7-15)8-16-14/h5-6,8-9,12H,2-4H2,1H3,(H,16,18)/t12-/m1/s1. The molecule has 3 rings (SSSR count). The van der Waals surface area contributed by atoms with Crippen molar-refractivity contribution >= 4 is 5.82 Å². The lowest BCUT2D eigenvalue weighted by Crippen LogP contribution is -2.18. The van der Waals surface area contributed by atoms with Crippen molar-refractivity contribution in [3.05, 3.63) is 41.3 Å². The van der Waals surface area contributed by atoms with Crippen LogP contribution in [0.5, 0.6) is 0 Å². The maximum atomic E-state index is 8.76. The number of hydrogen-bond donors (Lipinski definition) is 1. The highest BCUT2D eigenvalue weighted by Gasteiger charge is 2.23. The number of fused-ring (bicyclic) bond motifs is 1. The molecule has 2 aromatic heterocycles. The molecule has 0 saturated heterocycles. The Morgan fingerprint density at radius 3 is 3.05 bits per heavy atom. The van der Waals surface area contributed by atoms with Gasteiger partial charge in [-0.1, -0.05) is 0 Å². The Balaban J connectivity index is 1.82. The van der Waals surface area contributed by atoms with Crippen LogP contribution in [0.1, 0.15) is 35.7 Å². The maximum Gasteiger partial charge on any atom is 0.126 e. The van der Waals surface area contributed by atoms with Gasteiger partial charge in [-0.2, -0.15) is 10.4 Å². The highest BCUT2D eigenvalue weighted by molar-refractivity contribution is 5.42. The van der Waals surface area contributed by atoms with E-state index in [4.69, 9.17) is 5.26 Å². The molecule has 0 amide bonds. The Hall–Kier alpha value is -2.35. The highest BCUT2D eigenvalue weighted by atomic mass is 15.3. The van der Waals surface area contributed by atoms with Crippen LogP contribution >= 0.6 is 0 Å². The zero-order valence-corrected chi connectivity index (χ0v) is 10.8. The predicted octanol–water partition coefficient (Wildman–Crippen LogP) is 2.18. The van der Waals surface area contributed by atoms with Crippen LogP contribution in [0.15, 0.2) is 24.5 Å². The zero-order chi connectivity index (χ0) is 13.2. The summed E-state index contributed by atoms with van der Waals surface area (Å²) in [5, 5.41) is 16.5. The quantitative estimate of drug-likeness (QED) is 0.890. The average molecular weight is 253 g/mol. The Morgan fingerprint density at radius 1 is 1.42 bits per heavy atom. The maximum absolute atomic E-state index is 8.76. The van der Waals surface area contributed by atoms with E-state index in [0.29, 0.717) is 5.56 Å². The van der Waals surface area contributed by atoms with Crippen LogP contribution in [0.4, 0.5) is 5.82 Å². The van der Waals surface area contributed by atoms with E-state index in [9.17, 15) is 0 Å². The summed E-state index contributed by atoms with van der Waals surface area (Å²) in [6.45, 7) is 0. The molecule has 0 saturated carbocycles. The number of pyridine rings is 1. The Bertz CT molecular complexity index is 620. The van der Waals surface area contributed by atoms with Crippen LogP contribution in [0.25, 0.3) is 0 Å². The number of hydrogen-bond acceptors (Lipinski definition) is 4. The molecule has 1 N–H and O–H groups in total. The molecule has 0 fully saturated rings. The van der Waals surface area contributed by atoms with Gasteiger partial charge in [0.05, 0.1) is 17.8 Å². The van der Waals surface area contributed by atoms with E-state index in [0.717, 1.165) is 25.1 Å². The summed E-state index contributed by atoms with van der Waals surface area (Å²) < 4.78 is 1.95. The van der Waals surface area contributed by atoms with Crippen LogP contribution in [-0.4, -0.2) is 14.8 Å².